The number of carbonyl (C=O) groups excluding carboxylic acids is 3. The van der Waals surface area contributed by atoms with E-state index in [9.17, 15) is 14.4 Å². The molecule has 2 aliphatic heterocycles. The van der Waals surface area contributed by atoms with Gasteiger partial charge in [-0.2, -0.15) is 0 Å². The van der Waals surface area contributed by atoms with Crippen molar-refractivity contribution in [2.45, 2.75) is 12.8 Å². The fourth-order valence-corrected chi connectivity index (χ4v) is 3.97. The largest absolute Gasteiger partial charge is 0.497 e. The number of anilines is 2. The molecule has 2 heterocycles. The van der Waals surface area contributed by atoms with Gasteiger partial charge in [-0.1, -0.05) is 6.07 Å². The van der Waals surface area contributed by atoms with Gasteiger partial charge in [-0.3, -0.25) is 14.9 Å². The Hall–Kier alpha value is -3.32. The predicted octanol–water partition coefficient (Wildman–Crippen LogP) is 3.35. The molecule has 1 fully saturated rings. The molecule has 0 radical (unpaired) electrons. The van der Waals surface area contributed by atoms with Crippen LogP contribution in [0, 0.1) is 0 Å². The number of hydrogen-bond acceptors (Lipinski definition) is 5. The van der Waals surface area contributed by atoms with Crippen LogP contribution in [0.4, 0.5) is 16.2 Å². The Morgan fingerprint density at radius 1 is 1.13 bits per heavy atom. The van der Waals surface area contributed by atoms with Gasteiger partial charge in [-0.05, 0) is 66.4 Å². The number of nitrogens with one attached hydrogen (secondary N) is 1. The lowest BCUT2D eigenvalue weighted by molar-refractivity contribution is -0.122. The van der Waals surface area contributed by atoms with Gasteiger partial charge in [0.15, 0.2) is 0 Å². The number of nitrogens with zero attached hydrogens (tertiary/aromatic N) is 2. The molecular formula is C23H22ClN3O4. The first-order valence-corrected chi connectivity index (χ1v) is 10.5. The van der Waals surface area contributed by atoms with Crippen molar-refractivity contribution >= 4 is 46.9 Å². The van der Waals surface area contributed by atoms with E-state index >= 15 is 0 Å². The second-order valence-electron chi connectivity index (χ2n) is 7.32. The Bertz CT molecular complexity index is 1060. The summed E-state index contributed by atoms with van der Waals surface area (Å²) in [6, 6.07) is 11.6. The number of imide groups is 2. The normalized spacial score (nSPS) is 17.2. The zero-order valence-corrected chi connectivity index (χ0v) is 17.8. The molecule has 160 valence electrons. The van der Waals surface area contributed by atoms with E-state index in [0.717, 1.165) is 47.6 Å². The van der Waals surface area contributed by atoms with Crippen LogP contribution < -0.4 is 19.9 Å². The van der Waals surface area contributed by atoms with Crippen molar-refractivity contribution in [1.29, 1.82) is 0 Å². The first-order valence-electron chi connectivity index (χ1n) is 10.0. The van der Waals surface area contributed by atoms with Crippen LogP contribution in [0.3, 0.4) is 0 Å². The van der Waals surface area contributed by atoms with Gasteiger partial charge in [-0.25, -0.2) is 9.69 Å². The predicted molar refractivity (Wildman–Crippen MR) is 120 cm³/mol. The van der Waals surface area contributed by atoms with Crippen LogP contribution in [0.15, 0.2) is 48.0 Å². The monoisotopic (exact) mass is 439 g/mol. The summed E-state index contributed by atoms with van der Waals surface area (Å²) in [5.74, 6) is -0.151. The summed E-state index contributed by atoms with van der Waals surface area (Å²) < 4.78 is 5.11. The number of alkyl halides is 1. The number of hydrogen-bond donors (Lipinski definition) is 1. The highest BCUT2D eigenvalue weighted by Crippen LogP contribution is 2.30. The summed E-state index contributed by atoms with van der Waals surface area (Å²) in [7, 11) is 1.53. The average Bonchev–Trinajstić information content (AvgIpc) is 3.17. The lowest BCUT2D eigenvalue weighted by Gasteiger charge is -2.26. The minimum atomic E-state index is -0.777. The molecule has 31 heavy (non-hydrogen) atoms. The number of methoxy groups -OCH3 is 1. The number of fused-ring (bicyclic) bond motifs is 1. The van der Waals surface area contributed by atoms with E-state index in [1.54, 1.807) is 24.3 Å². The molecule has 1 saturated heterocycles. The van der Waals surface area contributed by atoms with Crippen LogP contribution in [0.5, 0.6) is 5.75 Å². The lowest BCUT2D eigenvalue weighted by atomic mass is 10.0. The summed E-state index contributed by atoms with van der Waals surface area (Å²) in [5, 5.41) is 2.25. The second kappa shape index (κ2) is 8.81. The summed E-state index contributed by atoms with van der Waals surface area (Å²) in [6.07, 6.45) is 3.34. The first kappa shape index (κ1) is 20.9. The Balaban J connectivity index is 1.61. The second-order valence-corrected chi connectivity index (χ2v) is 7.70. The molecule has 0 aromatic heterocycles. The Morgan fingerprint density at radius 2 is 1.90 bits per heavy atom. The molecule has 2 aromatic rings. The standard InChI is InChI=1S/C23H22ClN3O4/c1-31-18-6-4-17(5-7-18)27-22(29)19(21(28)25-23(27)30)14-15-3-8-20-16(13-15)9-12-26(20)11-2-10-24/h3-8,13-14H,2,9-12H2,1H3,(H,25,28,30). The topological polar surface area (TPSA) is 79.0 Å². The quantitative estimate of drug-likeness (QED) is 0.424. The van der Waals surface area contributed by atoms with Gasteiger partial charge in [0.25, 0.3) is 11.8 Å². The highest BCUT2D eigenvalue weighted by Gasteiger charge is 2.36. The number of ether oxygens (including phenoxy) is 1. The number of rotatable bonds is 6. The van der Waals surface area contributed by atoms with Crippen LogP contribution >= 0.6 is 11.6 Å². The number of amides is 4. The molecule has 0 bridgehead atoms. The zero-order chi connectivity index (χ0) is 22.0. The first-order chi connectivity index (χ1) is 15.0. The Morgan fingerprint density at radius 3 is 2.61 bits per heavy atom. The van der Waals surface area contributed by atoms with E-state index in [4.69, 9.17) is 16.3 Å². The van der Waals surface area contributed by atoms with Crippen molar-refractivity contribution in [3.63, 3.8) is 0 Å². The van der Waals surface area contributed by atoms with Gasteiger partial charge in [-0.15, -0.1) is 11.6 Å². The third kappa shape index (κ3) is 4.14. The zero-order valence-electron chi connectivity index (χ0n) is 17.1. The van der Waals surface area contributed by atoms with Crippen LogP contribution in [-0.4, -0.2) is 43.9 Å². The molecule has 0 atom stereocenters. The Kier molecular flexibility index (Phi) is 5.95. The Labute approximate surface area is 185 Å². The van der Waals surface area contributed by atoms with Crippen molar-refractivity contribution in [1.82, 2.24) is 5.32 Å². The highest BCUT2D eigenvalue weighted by molar-refractivity contribution is 6.39. The van der Waals surface area contributed by atoms with Crippen LogP contribution in [-0.2, 0) is 16.0 Å². The van der Waals surface area contributed by atoms with Crippen molar-refractivity contribution in [2.75, 3.05) is 35.9 Å². The third-order valence-corrected chi connectivity index (χ3v) is 5.67. The van der Waals surface area contributed by atoms with Gasteiger partial charge in [0.2, 0.25) is 0 Å². The molecule has 1 N–H and O–H groups in total. The van der Waals surface area contributed by atoms with Crippen molar-refractivity contribution in [3.8, 4) is 5.75 Å². The molecule has 0 saturated carbocycles. The number of urea groups is 1. The van der Waals surface area contributed by atoms with Crippen LogP contribution in [0.25, 0.3) is 6.08 Å². The SMILES string of the molecule is COc1ccc(N2C(=O)NC(=O)C(=Cc3ccc4c(c3)CCN4CCCCl)C2=O)cc1. The molecule has 0 unspecified atom stereocenters. The maximum atomic E-state index is 13.0. The van der Waals surface area contributed by atoms with E-state index in [2.05, 4.69) is 10.2 Å². The van der Waals surface area contributed by atoms with Crippen molar-refractivity contribution in [2.24, 2.45) is 0 Å². The molecular weight excluding hydrogens is 418 g/mol. The molecule has 7 nitrogen and oxygen atoms in total. The maximum Gasteiger partial charge on any atom is 0.335 e. The van der Waals surface area contributed by atoms with Gasteiger partial charge < -0.3 is 9.64 Å². The highest BCUT2D eigenvalue weighted by atomic mass is 35.5. The number of halogens is 1. The summed E-state index contributed by atoms with van der Waals surface area (Å²) in [4.78, 5) is 41.0. The smallest absolute Gasteiger partial charge is 0.335 e. The van der Waals surface area contributed by atoms with Crippen LogP contribution in [0.1, 0.15) is 17.5 Å². The van der Waals surface area contributed by atoms with Crippen molar-refractivity contribution < 1.29 is 19.1 Å². The maximum absolute atomic E-state index is 13.0. The lowest BCUT2D eigenvalue weighted by Crippen LogP contribution is -2.54. The fourth-order valence-electron chi connectivity index (χ4n) is 3.85. The summed E-state index contributed by atoms with van der Waals surface area (Å²) in [6.45, 7) is 1.82. The molecule has 0 spiro atoms. The molecule has 8 heteroatoms. The summed E-state index contributed by atoms with van der Waals surface area (Å²) in [5.41, 5.74) is 3.32. The van der Waals surface area contributed by atoms with Crippen molar-refractivity contribution in [3.05, 3.63) is 59.2 Å². The van der Waals surface area contributed by atoms with Gasteiger partial charge in [0, 0.05) is 24.7 Å². The summed E-state index contributed by atoms with van der Waals surface area (Å²) >= 11 is 5.81. The van der Waals surface area contributed by atoms with Gasteiger partial charge >= 0.3 is 6.03 Å². The number of carbonyl (C=O) groups is 3. The molecule has 4 rings (SSSR count). The van der Waals surface area contributed by atoms with Crippen LogP contribution in [0.2, 0.25) is 0 Å². The molecule has 2 aliphatic rings. The van der Waals surface area contributed by atoms with E-state index in [0.29, 0.717) is 17.3 Å². The fraction of sp³-hybridized carbons (Fsp3) is 0.261. The third-order valence-electron chi connectivity index (χ3n) is 5.40. The van der Waals surface area contributed by atoms with Gasteiger partial charge in [0.05, 0.1) is 12.8 Å². The molecule has 4 amide bonds. The minimum Gasteiger partial charge on any atom is -0.497 e. The average molecular weight is 440 g/mol. The number of barbiturate groups is 1. The van der Waals surface area contributed by atoms with Gasteiger partial charge in [0.1, 0.15) is 11.3 Å². The molecule has 0 aliphatic carbocycles. The minimum absolute atomic E-state index is 0.0904. The van der Waals surface area contributed by atoms with E-state index < -0.39 is 17.8 Å². The molecule has 2 aromatic carbocycles. The van der Waals surface area contributed by atoms with E-state index in [1.165, 1.54) is 13.2 Å². The van der Waals surface area contributed by atoms with E-state index in [1.807, 2.05) is 18.2 Å². The number of benzene rings is 2. The van der Waals surface area contributed by atoms with E-state index in [-0.39, 0.29) is 5.57 Å².